The van der Waals surface area contributed by atoms with Crippen LogP contribution in [0.4, 0.5) is 0 Å². The Morgan fingerprint density at radius 2 is 1.66 bits per heavy atom. The molecule has 8 atom stereocenters. The normalized spacial score (nSPS) is 48.6. The largest absolute Gasteiger partial charge is 0.393 e. The van der Waals surface area contributed by atoms with E-state index in [9.17, 15) is 10.2 Å². The van der Waals surface area contributed by atoms with Crippen LogP contribution in [-0.2, 0) is 0 Å². The fourth-order valence-electron chi connectivity index (χ4n) is 8.15. The van der Waals surface area contributed by atoms with Gasteiger partial charge in [-0.25, -0.2) is 0 Å². The molecule has 5 rings (SSSR count). The number of rotatable bonds is 0. The highest BCUT2D eigenvalue weighted by Crippen LogP contribution is 2.68. The number of hydrogen-bond acceptors (Lipinski definition) is 2. The molecule has 4 saturated carbocycles. The van der Waals surface area contributed by atoms with Crippen molar-refractivity contribution in [2.75, 3.05) is 0 Å². The van der Waals surface area contributed by atoms with E-state index in [-0.39, 0.29) is 11.5 Å². The summed E-state index contributed by atoms with van der Waals surface area (Å²) < 4.78 is 0. The molecule has 0 heterocycles. The third-order valence-corrected chi connectivity index (χ3v) is 9.98. The molecule has 0 saturated heterocycles. The Hall–Kier alpha value is -1.30. The number of aliphatic hydroxyl groups excluding tert-OH is 1. The molecule has 2 heteroatoms. The Morgan fingerprint density at radius 1 is 0.897 bits per heavy atom. The molecule has 4 fully saturated rings. The molecule has 0 unspecified atom stereocenters. The van der Waals surface area contributed by atoms with Crippen LogP contribution in [0.2, 0.25) is 0 Å². The summed E-state index contributed by atoms with van der Waals surface area (Å²) in [7, 11) is 0. The van der Waals surface area contributed by atoms with Gasteiger partial charge in [0.2, 0.25) is 0 Å². The van der Waals surface area contributed by atoms with Gasteiger partial charge < -0.3 is 10.2 Å². The highest BCUT2D eigenvalue weighted by molar-refractivity contribution is 5.38. The van der Waals surface area contributed by atoms with Crippen LogP contribution in [0.5, 0.6) is 0 Å². The zero-order chi connectivity index (χ0) is 20.3. The van der Waals surface area contributed by atoms with E-state index in [1.807, 2.05) is 30.3 Å². The summed E-state index contributed by atoms with van der Waals surface area (Å²) in [5.74, 6) is 9.40. The molecule has 0 aliphatic heterocycles. The Morgan fingerprint density at radius 3 is 2.45 bits per heavy atom. The van der Waals surface area contributed by atoms with E-state index in [0.29, 0.717) is 17.3 Å². The summed E-state index contributed by atoms with van der Waals surface area (Å²) in [4.78, 5) is 0. The highest BCUT2D eigenvalue weighted by Gasteiger charge is 2.64. The summed E-state index contributed by atoms with van der Waals surface area (Å²) in [6, 6.07) is 10.1. The van der Waals surface area contributed by atoms with Crippen molar-refractivity contribution in [3.63, 3.8) is 0 Å². The smallest absolute Gasteiger partial charge is 0.131 e. The van der Waals surface area contributed by atoms with Gasteiger partial charge in [-0.3, -0.25) is 0 Å². The van der Waals surface area contributed by atoms with Crippen molar-refractivity contribution in [3.05, 3.63) is 35.9 Å². The average Bonchev–Trinajstić information content (AvgIpc) is 2.99. The Bertz CT molecular complexity index is 822. The average molecular weight is 393 g/mol. The maximum atomic E-state index is 11.7. The van der Waals surface area contributed by atoms with Crippen LogP contribution in [0.1, 0.15) is 77.2 Å². The predicted octanol–water partition coefficient (Wildman–Crippen LogP) is 5.17. The fraction of sp³-hybridized carbons (Fsp3) is 0.704. The van der Waals surface area contributed by atoms with Crippen molar-refractivity contribution in [1.29, 1.82) is 0 Å². The third-order valence-electron chi connectivity index (χ3n) is 9.98. The number of fused-ring (bicyclic) bond motifs is 5. The van der Waals surface area contributed by atoms with E-state index in [0.717, 1.165) is 49.5 Å². The van der Waals surface area contributed by atoms with E-state index in [1.54, 1.807) is 0 Å². The summed E-state index contributed by atoms with van der Waals surface area (Å²) in [5, 5.41) is 21.9. The molecule has 1 aromatic rings. The molecule has 4 aliphatic rings. The van der Waals surface area contributed by atoms with Crippen LogP contribution in [0, 0.1) is 46.3 Å². The third kappa shape index (κ3) is 2.92. The summed E-state index contributed by atoms with van der Waals surface area (Å²) in [6.07, 6.45) is 9.86. The second-order valence-corrected chi connectivity index (χ2v) is 11.1. The van der Waals surface area contributed by atoms with Crippen LogP contribution in [-0.4, -0.2) is 21.9 Å². The Kier molecular flexibility index (Phi) is 4.65. The van der Waals surface area contributed by atoms with Crippen LogP contribution in [0.15, 0.2) is 30.3 Å². The van der Waals surface area contributed by atoms with E-state index in [4.69, 9.17) is 0 Å². The maximum Gasteiger partial charge on any atom is 0.131 e. The van der Waals surface area contributed by atoms with Crippen molar-refractivity contribution >= 4 is 0 Å². The summed E-state index contributed by atoms with van der Waals surface area (Å²) in [5.41, 5.74) is 0.433. The lowest BCUT2D eigenvalue weighted by atomic mass is 9.44. The SMILES string of the molecule is C[C@]12CC[C@@H](O)C[C@@H]1CC[C@@H]1[C@@H]2CC[C@@]2(C)[C@H]1CC[C@]2(O)C#Cc1ccccc1. The molecule has 4 aliphatic carbocycles. The fourth-order valence-corrected chi connectivity index (χ4v) is 8.15. The van der Waals surface area contributed by atoms with Gasteiger partial charge in [0.1, 0.15) is 5.60 Å². The van der Waals surface area contributed by atoms with Crippen LogP contribution in [0.25, 0.3) is 0 Å². The molecule has 0 amide bonds. The van der Waals surface area contributed by atoms with Gasteiger partial charge in [-0.1, -0.05) is 43.9 Å². The maximum absolute atomic E-state index is 11.7. The Labute approximate surface area is 176 Å². The molecule has 0 aromatic heterocycles. The second-order valence-electron chi connectivity index (χ2n) is 11.1. The van der Waals surface area contributed by atoms with Gasteiger partial charge in [0.25, 0.3) is 0 Å². The van der Waals surface area contributed by atoms with Crippen LogP contribution >= 0.6 is 0 Å². The number of aliphatic hydroxyl groups is 2. The van der Waals surface area contributed by atoms with Crippen molar-refractivity contribution < 1.29 is 10.2 Å². The molecule has 2 nitrogen and oxygen atoms in total. The van der Waals surface area contributed by atoms with Crippen molar-refractivity contribution in [2.45, 2.75) is 83.3 Å². The highest BCUT2D eigenvalue weighted by atomic mass is 16.3. The predicted molar refractivity (Wildman–Crippen MR) is 116 cm³/mol. The molecule has 156 valence electrons. The van der Waals surface area contributed by atoms with Crippen LogP contribution < -0.4 is 0 Å². The first-order valence-electron chi connectivity index (χ1n) is 11.8. The zero-order valence-electron chi connectivity index (χ0n) is 18.0. The molecule has 29 heavy (non-hydrogen) atoms. The molecular weight excluding hydrogens is 356 g/mol. The van der Waals surface area contributed by atoms with E-state index >= 15 is 0 Å². The van der Waals surface area contributed by atoms with Gasteiger partial charge >= 0.3 is 0 Å². The second kappa shape index (κ2) is 6.86. The lowest BCUT2D eigenvalue weighted by Crippen LogP contribution is -2.56. The first-order chi connectivity index (χ1) is 13.9. The van der Waals surface area contributed by atoms with Crippen molar-refractivity contribution in [3.8, 4) is 11.8 Å². The van der Waals surface area contributed by atoms with E-state index < -0.39 is 5.60 Å². The van der Waals surface area contributed by atoms with Gasteiger partial charge in [0.05, 0.1) is 6.10 Å². The van der Waals surface area contributed by atoms with Gasteiger partial charge in [0.15, 0.2) is 0 Å². The van der Waals surface area contributed by atoms with E-state index in [2.05, 4.69) is 25.7 Å². The van der Waals surface area contributed by atoms with Crippen molar-refractivity contribution in [2.24, 2.45) is 34.5 Å². The number of benzene rings is 1. The van der Waals surface area contributed by atoms with Gasteiger partial charge in [-0.2, -0.15) is 0 Å². The molecular formula is C27H36O2. The molecule has 0 radical (unpaired) electrons. The minimum Gasteiger partial charge on any atom is -0.393 e. The summed E-state index contributed by atoms with van der Waals surface area (Å²) in [6.45, 7) is 4.86. The first kappa shape index (κ1) is 19.7. The minimum atomic E-state index is -0.862. The molecule has 0 spiro atoms. The van der Waals surface area contributed by atoms with Gasteiger partial charge in [-0.15, -0.1) is 0 Å². The topological polar surface area (TPSA) is 40.5 Å². The van der Waals surface area contributed by atoms with Gasteiger partial charge in [0, 0.05) is 11.0 Å². The lowest BCUT2D eigenvalue weighted by molar-refractivity contribution is -0.144. The molecule has 2 N–H and O–H groups in total. The summed E-state index contributed by atoms with van der Waals surface area (Å²) >= 11 is 0. The minimum absolute atomic E-state index is 0.0803. The first-order valence-corrected chi connectivity index (χ1v) is 11.8. The lowest BCUT2D eigenvalue weighted by Gasteiger charge is -2.61. The number of hydrogen-bond donors (Lipinski definition) is 2. The zero-order valence-corrected chi connectivity index (χ0v) is 18.0. The van der Waals surface area contributed by atoms with Crippen molar-refractivity contribution in [1.82, 2.24) is 0 Å². The Balaban J connectivity index is 1.42. The van der Waals surface area contributed by atoms with Crippen LogP contribution in [0.3, 0.4) is 0 Å². The molecule has 1 aromatic carbocycles. The monoisotopic (exact) mass is 392 g/mol. The molecule has 0 bridgehead atoms. The van der Waals surface area contributed by atoms with Gasteiger partial charge in [-0.05, 0) is 99.0 Å². The van der Waals surface area contributed by atoms with E-state index in [1.165, 1.54) is 25.7 Å². The quantitative estimate of drug-likeness (QED) is 0.598. The standard InChI is InChI=1S/C27H36O2/c1-25-14-11-21(28)18-20(25)8-9-22-23(25)12-15-26(2)24(22)13-17-27(26,29)16-10-19-6-4-3-5-7-19/h3-7,20-24,28-29H,8-9,11-15,17-18H2,1-2H3/t20-,21+,22+,23-,24-,25-,26-,27+/m0/s1.